The normalized spacial score (nSPS) is 14.4. The number of hydrogen-bond donors (Lipinski definition) is 1. The summed E-state index contributed by atoms with van der Waals surface area (Å²) in [6, 6.07) is 8.01. The summed E-state index contributed by atoms with van der Waals surface area (Å²) in [5, 5.41) is 7.78. The molecule has 30 heavy (non-hydrogen) atoms. The zero-order valence-electron chi connectivity index (χ0n) is 17.5. The van der Waals surface area contributed by atoms with E-state index in [0.717, 1.165) is 23.5 Å². The monoisotopic (exact) mass is 407 g/mol. The minimum absolute atomic E-state index is 0.0897. The molecule has 1 aliphatic rings. The molecule has 0 spiro atoms. The van der Waals surface area contributed by atoms with Gasteiger partial charge >= 0.3 is 0 Å². The second-order valence-corrected chi connectivity index (χ2v) is 8.25. The van der Waals surface area contributed by atoms with Gasteiger partial charge in [-0.25, -0.2) is 9.67 Å². The first-order valence-electron chi connectivity index (χ1n) is 10.8. The summed E-state index contributed by atoms with van der Waals surface area (Å²) in [5.41, 5.74) is 2.69. The van der Waals surface area contributed by atoms with Gasteiger partial charge in [0.05, 0.1) is 19.3 Å². The van der Waals surface area contributed by atoms with E-state index in [-0.39, 0.29) is 11.5 Å². The maximum atomic E-state index is 12.9. The molecule has 1 aromatic carbocycles. The summed E-state index contributed by atoms with van der Waals surface area (Å²) in [6.45, 7) is 3.49. The maximum Gasteiger partial charge on any atom is 0.264 e. The third kappa shape index (κ3) is 4.61. The number of aryl methyl sites for hydroxylation is 1. The van der Waals surface area contributed by atoms with Gasteiger partial charge < -0.3 is 5.32 Å². The van der Waals surface area contributed by atoms with Gasteiger partial charge in [-0.3, -0.25) is 14.2 Å². The van der Waals surface area contributed by atoms with Crippen molar-refractivity contribution in [3.63, 3.8) is 0 Å². The van der Waals surface area contributed by atoms with Gasteiger partial charge in [0.15, 0.2) is 5.65 Å². The molecule has 1 aliphatic carbocycles. The quantitative estimate of drug-likeness (QED) is 0.622. The van der Waals surface area contributed by atoms with Crippen LogP contribution in [0.4, 0.5) is 0 Å². The number of nitrogens with zero attached hydrogens (tertiary/aromatic N) is 4. The first-order valence-corrected chi connectivity index (χ1v) is 10.8. The van der Waals surface area contributed by atoms with Crippen LogP contribution in [0.25, 0.3) is 11.0 Å². The highest BCUT2D eigenvalue weighted by Gasteiger charge is 2.16. The highest BCUT2D eigenvalue weighted by Crippen LogP contribution is 2.28. The van der Waals surface area contributed by atoms with Gasteiger partial charge in [-0.1, -0.05) is 49.9 Å². The predicted octanol–water partition coefficient (Wildman–Crippen LogP) is 3.04. The van der Waals surface area contributed by atoms with Crippen molar-refractivity contribution in [2.45, 2.75) is 58.5 Å². The van der Waals surface area contributed by atoms with Crippen molar-refractivity contribution >= 4 is 16.9 Å². The van der Waals surface area contributed by atoms with Gasteiger partial charge in [-0.15, -0.1) is 0 Å². The first-order chi connectivity index (χ1) is 14.6. The summed E-state index contributed by atoms with van der Waals surface area (Å²) in [7, 11) is 0. The average molecular weight is 408 g/mol. The molecule has 0 unspecified atom stereocenters. The van der Waals surface area contributed by atoms with Crippen molar-refractivity contribution in [2.75, 3.05) is 6.54 Å². The predicted molar refractivity (Wildman–Crippen MR) is 116 cm³/mol. The molecular weight excluding hydrogens is 378 g/mol. The van der Waals surface area contributed by atoms with Crippen LogP contribution in [0.15, 0.2) is 41.6 Å². The molecule has 0 radical (unpaired) electrons. The van der Waals surface area contributed by atoms with E-state index in [0.29, 0.717) is 37.1 Å². The van der Waals surface area contributed by atoms with E-state index < -0.39 is 0 Å². The fourth-order valence-electron chi connectivity index (χ4n) is 4.27. The Balaban J connectivity index is 1.36. The molecule has 7 nitrogen and oxygen atoms in total. The molecule has 2 heterocycles. The Labute approximate surface area is 176 Å². The Morgan fingerprint density at radius 3 is 2.83 bits per heavy atom. The van der Waals surface area contributed by atoms with Crippen molar-refractivity contribution in [3.8, 4) is 0 Å². The summed E-state index contributed by atoms with van der Waals surface area (Å²) in [4.78, 5) is 29.4. The molecule has 158 valence electrons. The fourth-order valence-corrected chi connectivity index (χ4v) is 4.27. The second kappa shape index (κ2) is 9.24. The molecule has 0 bridgehead atoms. The molecule has 1 amide bonds. The lowest BCUT2D eigenvalue weighted by atomic mass is 10.0. The van der Waals surface area contributed by atoms with Gasteiger partial charge in [0, 0.05) is 13.0 Å². The SMILES string of the molecule is Cc1ccccc1Cn1cnc2c(cnn2CCNC(=O)CCC2CCCC2)c1=O. The maximum absolute atomic E-state index is 12.9. The van der Waals surface area contributed by atoms with E-state index in [2.05, 4.69) is 15.4 Å². The number of aromatic nitrogens is 4. The van der Waals surface area contributed by atoms with E-state index in [9.17, 15) is 9.59 Å². The van der Waals surface area contributed by atoms with Crippen LogP contribution in [0.1, 0.15) is 49.7 Å². The number of hydrogen-bond acceptors (Lipinski definition) is 4. The number of carbonyl (C=O) groups excluding carboxylic acids is 1. The summed E-state index contributed by atoms with van der Waals surface area (Å²) in [6.07, 6.45) is 9.86. The Morgan fingerprint density at radius 2 is 2.03 bits per heavy atom. The lowest BCUT2D eigenvalue weighted by Gasteiger charge is -2.10. The lowest BCUT2D eigenvalue weighted by Crippen LogP contribution is -2.28. The van der Waals surface area contributed by atoms with Gasteiger partial charge in [0.25, 0.3) is 5.56 Å². The molecule has 0 saturated heterocycles. The smallest absolute Gasteiger partial charge is 0.264 e. The Hall–Kier alpha value is -2.96. The second-order valence-electron chi connectivity index (χ2n) is 8.25. The largest absolute Gasteiger partial charge is 0.354 e. The molecule has 0 atom stereocenters. The molecule has 1 fully saturated rings. The third-order valence-corrected chi connectivity index (χ3v) is 6.12. The topological polar surface area (TPSA) is 81.8 Å². The number of amides is 1. The molecule has 2 aromatic heterocycles. The van der Waals surface area contributed by atoms with E-state index in [4.69, 9.17) is 0 Å². The number of rotatable bonds is 8. The lowest BCUT2D eigenvalue weighted by molar-refractivity contribution is -0.121. The Kier molecular flexibility index (Phi) is 6.26. The van der Waals surface area contributed by atoms with Crippen LogP contribution < -0.4 is 10.9 Å². The highest BCUT2D eigenvalue weighted by atomic mass is 16.1. The number of carbonyl (C=O) groups is 1. The Morgan fingerprint density at radius 1 is 1.23 bits per heavy atom. The molecule has 1 saturated carbocycles. The van der Waals surface area contributed by atoms with E-state index in [1.807, 2.05) is 31.2 Å². The fraction of sp³-hybridized carbons (Fsp3) is 0.478. The van der Waals surface area contributed by atoms with Gasteiger partial charge in [0.1, 0.15) is 11.7 Å². The minimum atomic E-state index is -0.102. The number of nitrogens with one attached hydrogen (secondary N) is 1. The standard InChI is InChI=1S/C23H29N5O2/c1-17-6-2-5-9-19(17)15-27-16-25-22-20(23(27)30)14-26-28(22)13-12-24-21(29)11-10-18-7-3-4-8-18/h2,5-6,9,14,16,18H,3-4,7-8,10-13,15H2,1H3,(H,24,29). The van der Waals surface area contributed by atoms with Crippen molar-refractivity contribution in [3.05, 3.63) is 58.3 Å². The van der Waals surface area contributed by atoms with E-state index in [1.165, 1.54) is 25.7 Å². The number of benzene rings is 1. The summed E-state index contributed by atoms with van der Waals surface area (Å²) >= 11 is 0. The third-order valence-electron chi connectivity index (χ3n) is 6.12. The summed E-state index contributed by atoms with van der Waals surface area (Å²) in [5.74, 6) is 0.809. The molecular formula is C23H29N5O2. The van der Waals surface area contributed by atoms with Gasteiger partial charge in [-0.2, -0.15) is 5.10 Å². The van der Waals surface area contributed by atoms with Crippen molar-refractivity contribution in [1.29, 1.82) is 0 Å². The van der Waals surface area contributed by atoms with Crippen LogP contribution in [0.3, 0.4) is 0 Å². The van der Waals surface area contributed by atoms with E-state index in [1.54, 1.807) is 21.8 Å². The van der Waals surface area contributed by atoms with E-state index >= 15 is 0 Å². The first kappa shape index (κ1) is 20.3. The van der Waals surface area contributed by atoms with Gasteiger partial charge in [0.2, 0.25) is 5.91 Å². The van der Waals surface area contributed by atoms with Crippen LogP contribution >= 0.6 is 0 Å². The van der Waals surface area contributed by atoms with Crippen molar-refractivity contribution < 1.29 is 4.79 Å². The van der Waals surface area contributed by atoms with Crippen LogP contribution in [0.2, 0.25) is 0 Å². The van der Waals surface area contributed by atoms with Crippen LogP contribution in [-0.4, -0.2) is 31.8 Å². The molecule has 1 N–H and O–H groups in total. The molecule has 0 aliphatic heterocycles. The highest BCUT2D eigenvalue weighted by molar-refractivity contribution is 5.76. The molecule has 7 heteroatoms. The zero-order valence-corrected chi connectivity index (χ0v) is 17.5. The summed E-state index contributed by atoms with van der Waals surface area (Å²) < 4.78 is 3.30. The minimum Gasteiger partial charge on any atom is -0.354 e. The molecule has 4 rings (SSSR count). The van der Waals surface area contributed by atoms with Gasteiger partial charge in [-0.05, 0) is 30.4 Å². The van der Waals surface area contributed by atoms with Crippen molar-refractivity contribution in [2.24, 2.45) is 5.92 Å². The zero-order chi connectivity index (χ0) is 20.9. The number of fused-ring (bicyclic) bond motifs is 1. The van der Waals surface area contributed by atoms with Crippen LogP contribution in [0, 0.1) is 12.8 Å². The van der Waals surface area contributed by atoms with Crippen LogP contribution in [-0.2, 0) is 17.9 Å². The molecule has 3 aromatic rings. The van der Waals surface area contributed by atoms with Crippen LogP contribution in [0.5, 0.6) is 0 Å². The Bertz CT molecular complexity index is 1080. The average Bonchev–Trinajstić information content (AvgIpc) is 3.40. The van der Waals surface area contributed by atoms with Crippen molar-refractivity contribution in [1.82, 2.24) is 24.6 Å².